The molecule has 1 saturated heterocycles. The number of aromatic nitrogens is 6. The lowest BCUT2D eigenvalue weighted by Gasteiger charge is -2.39. The molecule has 2 atom stereocenters. The van der Waals surface area contributed by atoms with Gasteiger partial charge in [0, 0.05) is 56.4 Å². The fourth-order valence-corrected chi connectivity index (χ4v) is 6.33. The van der Waals surface area contributed by atoms with Crippen LogP contribution in [0.4, 0.5) is 0 Å². The predicted octanol–water partition coefficient (Wildman–Crippen LogP) is 3.18. The molecule has 1 fully saturated rings. The fraction of sp³-hybridized carbons (Fsp3) is 0.400. The lowest BCUT2D eigenvalue weighted by Crippen LogP contribution is -2.47. The van der Waals surface area contributed by atoms with Crippen molar-refractivity contribution in [3.63, 3.8) is 0 Å². The van der Waals surface area contributed by atoms with Gasteiger partial charge in [0.15, 0.2) is 0 Å². The fourth-order valence-electron chi connectivity index (χ4n) is 5.27. The number of nitrogens with zero attached hydrogens (tertiary/aromatic N) is 6. The molecule has 5 aromatic heterocycles. The Hall–Kier alpha value is -3.57. The molecule has 0 aliphatic carbocycles. The second kappa shape index (κ2) is 8.82. The number of amides is 1. The molecule has 1 aliphatic heterocycles. The highest BCUT2D eigenvalue weighted by molar-refractivity contribution is 7.21. The van der Waals surface area contributed by atoms with E-state index in [2.05, 4.69) is 44.2 Å². The Bertz CT molecular complexity index is 1650. The Morgan fingerprint density at radius 1 is 1.19 bits per heavy atom. The lowest BCUT2D eigenvalue weighted by atomic mass is 9.98. The zero-order chi connectivity index (χ0) is 25.0. The molecule has 2 N–H and O–H groups in total. The maximum absolute atomic E-state index is 13.1. The van der Waals surface area contributed by atoms with Crippen molar-refractivity contribution in [2.24, 2.45) is 7.05 Å². The van der Waals surface area contributed by atoms with Gasteiger partial charge in [-0.3, -0.25) is 24.2 Å². The second-order valence-electron chi connectivity index (χ2n) is 9.67. The number of thiazole rings is 1. The molecule has 0 spiro atoms. The van der Waals surface area contributed by atoms with Crippen molar-refractivity contribution in [2.75, 3.05) is 13.1 Å². The number of likely N-dealkylation sites (tertiary alicyclic amines) is 1. The normalized spacial score (nSPS) is 19.0. The van der Waals surface area contributed by atoms with Crippen LogP contribution in [-0.4, -0.2) is 65.3 Å². The van der Waals surface area contributed by atoms with E-state index >= 15 is 0 Å². The van der Waals surface area contributed by atoms with E-state index in [0.717, 1.165) is 21.8 Å². The lowest BCUT2D eigenvalue weighted by molar-refractivity contribution is 0.0889. The predicted molar refractivity (Wildman–Crippen MR) is 141 cm³/mol. The number of aromatic amines is 1. The maximum Gasteiger partial charge on any atom is 0.261 e. The van der Waals surface area contributed by atoms with E-state index in [0.29, 0.717) is 46.1 Å². The van der Waals surface area contributed by atoms with E-state index in [4.69, 9.17) is 0 Å². The summed E-state index contributed by atoms with van der Waals surface area (Å²) in [6.07, 6.45) is 10.8. The van der Waals surface area contributed by atoms with Gasteiger partial charge in [0.25, 0.3) is 11.5 Å². The third kappa shape index (κ3) is 3.88. The van der Waals surface area contributed by atoms with E-state index < -0.39 is 0 Å². The van der Waals surface area contributed by atoms with Crippen LogP contribution in [0.2, 0.25) is 0 Å². The molecule has 186 valence electrons. The van der Waals surface area contributed by atoms with Gasteiger partial charge in [-0.05, 0) is 32.8 Å². The molecule has 11 heteroatoms. The van der Waals surface area contributed by atoms with Crippen LogP contribution >= 0.6 is 11.3 Å². The van der Waals surface area contributed by atoms with Gasteiger partial charge in [0.05, 0.1) is 22.2 Å². The summed E-state index contributed by atoms with van der Waals surface area (Å²) in [4.78, 5) is 37.5. The first kappa shape index (κ1) is 22.9. The number of carbonyl (C=O) groups excluding carboxylic acids is 1. The molecule has 36 heavy (non-hydrogen) atoms. The van der Waals surface area contributed by atoms with Crippen molar-refractivity contribution in [3.8, 4) is 10.4 Å². The summed E-state index contributed by atoms with van der Waals surface area (Å²) in [6, 6.07) is 2.75. The minimum absolute atomic E-state index is 0.199. The Kier molecular flexibility index (Phi) is 5.60. The molecular formula is C25H28N8O2S. The minimum atomic E-state index is -0.250. The monoisotopic (exact) mass is 504 g/mol. The summed E-state index contributed by atoms with van der Waals surface area (Å²) in [5.74, 6) is -0.199. The van der Waals surface area contributed by atoms with Crippen LogP contribution < -0.4 is 10.9 Å². The molecule has 0 saturated carbocycles. The minimum Gasteiger partial charge on any atom is -0.351 e. The van der Waals surface area contributed by atoms with Crippen molar-refractivity contribution in [1.82, 2.24) is 39.6 Å². The zero-order valence-electron chi connectivity index (χ0n) is 20.5. The molecule has 5 aromatic rings. The van der Waals surface area contributed by atoms with Crippen LogP contribution in [0.25, 0.3) is 37.2 Å². The summed E-state index contributed by atoms with van der Waals surface area (Å²) >= 11 is 1.48. The van der Waals surface area contributed by atoms with Gasteiger partial charge in [-0.1, -0.05) is 6.42 Å². The molecule has 0 unspecified atom stereocenters. The first-order valence-corrected chi connectivity index (χ1v) is 13.1. The Labute approximate surface area is 210 Å². The average molecular weight is 505 g/mol. The van der Waals surface area contributed by atoms with Crippen molar-refractivity contribution in [1.29, 1.82) is 0 Å². The van der Waals surface area contributed by atoms with E-state index in [9.17, 15) is 9.59 Å². The largest absolute Gasteiger partial charge is 0.351 e. The summed E-state index contributed by atoms with van der Waals surface area (Å²) in [7, 11) is 1.87. The standard InChI is InChI=1S/C25H28N8O2S/c1-14-5-4-6-15(2)32(14)8-7-26-23(34)16-9-18-21(27-10-16)22-20(24(35)29-18)25-33(30-22)13-19(36-25)17-11-28-31(3)12-17/h9-15H,4-8H2,1-3H3,(H,26,34)(H,29,35)/t14-,15+. The SMILES string of the molecule is C[C@@H]1CCC[C@H](C)N1CCNC(=O)c1cnc2c(c1)[nH]c(=O)c1c2nn2cc(-c3cnn(C)c3)sc12. The number of aryl methyl sites for hydroxylation is 1. The summed E-state index contributed by atoms with van der Waals surface area (Å²) in [6.45, 7) is 5.89. The van der Waals surface area contributed by atoms with Gasteiger partial charge in [0.1, 0.15) is 21.3 Å². The zero-order valence-corrected chi connectivity index (χ0v) is 21.3. The number of hydrogen-bond donors (Lipinski definition) is 2. The number of rotatable bonds is 5. The van der Waals surface area contributed by atoms with Gasteiger partial charge < -0.3 is 10.3 Å². The molecule has 0 aromatic carbocycles. The highest BCUT2D eigenvalue weighted by Gasteiger charge is 2.24. The van der Waals surface area contributed by atoms with Gasteiger partial charge in [-0.2, -0.15) is 10.2 Å². The number of pyridine rings is 2. The Balaban J connectivity index is 1.26. The molecule has 1 amide bonds. The molecular weight excluding hydrogens is 476 g/mol. The number of nitrogens with one attached hydrogen (secondary N) is 2. The smallest absolute Gasteiger partial charge is 0.261 e. The number of fused-ring (bicyclic) bond motifs is 5. The highest BCUT2D eigenvalue weighted by Crippen LogP contribution is 2.33. The average Bonchev–Trinajstić information content (AvgIpc) is 3.54. The third-order valence-electron chi connectivity index (χ3n) is 7.18. The van der Waals surface area contributed by atoms with E-state index in [-0.39, 0.29) is 11.5 Å². The Morgan fingerprint density at radius 2 is 2.00 bits per heavy atom. The van der Waals surface area contributed by atoms with Gasteiger partial charge in [-0.25, -0.2) is 4.52 Å². The van der Waals surface area contributed by atoms with Crippen molar-refractivity contribution in [3.05, 3.63) is 46.8 Å². The second-order valence-corrected chi connectivity index (χ2v) is 10.7. The Morgan fingerprint density at radius 3 is 2.75 bits per heavy atom. The van der Waals surface area contributed by atoms with E-state index in [1.807, 2.05) is 19.4 Å². The van der Waals surface area contributed by atoms with E-state index in [1.54, 1.807) is 27.7 Å². The van der Waals surface area contributed by atoms with Crippen LogP contribution in [-0.2, 0) is 7.05 Å². The first-order chi connectivity index (χ1) is 17.4. The van der Waals surface area contributed by atoms with E-state index in [1.165, 1.54) is 30.6 Å². The van der Waals surface area contributed by atoms with Crippen LogP contribution in [0.15, 0.2) is 35.6 Å². The van der Waals surface area contributed by atoms with Crippen molar-refractivity contribution >= 4 is 44.0 Å². The quantitative estimate of drug-likeness (QED) is 0.380. The number of piperidine rings is 1. The van der Waals surface area contributed by atoms with Crippen molar-refractivity contribution < 1.29 is 4.79 Å². The molecule has 0 bridgehead atoms. The van der Waals surface area contributed by atoms with Crippen LogP contribution in [0.1, 0.15) is 43.5 Å². The van der Waals surface area contributed by atoms with Gasteiger partial charge in [-0.15, -0.1) is 11.3 Å². The van der Waals surface area contributed by atoms with Crippen molar-refractivity contribution in [2.45, 2.75) is 45.2 Å². The molecule has 6 heterocycles. The summed E-state index contributed by atoms with van der Waals surface area (Å²) in [5.41, 5.74) is 2.72. The van der Waals surface area contributed by atoms with Crippen LogP contribution in [0.3, 0.4) is 0 Å². The van der Waals surface area contributed by atoms with Gasteiger partial charge >= 0.3 is 0 Å². The summed E-state index contributed by atoms with van der Waals surface area (Å²) in [5, 5.41) is 12.4. The third-order valence-corrected chi connectivity index (χ3v) is 8.33. The molecule has 1 aliphatic rings. The first-order valence-electron chi connectivity index (χ1n) is 12.3. The topological polar surface area (TPSA) is 113 Å². The molecule has 6 rings (SSSR count). The maximum atomic E-state index is 13.1. The number of hydrogen-bond acceptors (Lipinski definition) is 7. The van der Waals surface area contributed by atoms with Crippen LogP contribution in [0, 0.1) is 0 Å². The molecule has 0 radical (unpaired) electrons. The summed E-state index contributed by atoms with van der Waals surface area (Å²) < 4.78 is 3.46. The molecule has 10 nitrogen and oxygen atoms in total. The highest BCUT2D eigenvalue weighted by atomic mass is 32.1. The number of carbonyl (C=O) groups is 1. The number of H-pyrrole nitrogens is 1. The van der Waals surface area contributed by atoms with Crippen LogP contribution in [0.5, 0.6) is 0 Å². The van der Waals surface area contributed by atoms with Gasteiger partial charge in [0.2, 0.25) is 0 Å².